The van der Waals surface area contributed by atoms with Crippen molar-refractivity contribution in [1.29, 1.82) is 0 Å². The lowest BCUT2D eigenvalue weighted by Gasteiger charge is -2.29. The number of aliphatic hydroxyl groups excluding tert-OH is 1. The molecule has 1 aromatic carbocycles. The van der Waals surface area contributed by atoms with Crippen molar-refractivity contribution in [2.24, 2.45) is 0 Å². The molecule has 7 nitrogen and oxygen atoms in total. The zero-order valence-electron chi connectivity index (χ0n) is 15.6. The van der Waals surface area contributed by atoms with Crippen molar-refractivity contribution in [2.75, 3.05) is 31.8 Å². The Hall–Kier alpha value is -1.55. The van der Waals surface area contributed by atoms with E-state index >= 15 is 0 Å². The highest BCUT2D eigenvalue weighted by Gasteiger charge is 2.33. The Balaban J connectivity index is 1.60. The molecule has 1 aromatic heterocycles. The minimum atomic E-state index is -3.03. The van der Waals surface area contributed by atoms with Crippen molar-refractivity contribution in [3.8, 4) is 11.5 Å². The van der Waals surface area contributed by atoms with Crippen LogP contribution in [0.3, 0.4) is 0 Å². The van der Waals surface area contributed by atoms with Gasteiger partial charge in [0.2, 0.25) is 0 Å². The Bertz CT molecular complexity index is 867. The normalized spacial score (nSPS) is 19.6. The fourth-order valence-corrected chi connectivity index (χ4v) is 5.33. The Labute approximate surface area is 173 Å². The maximum absolute atomic E-state index is 11.9. The van der Waals surface area contributed by atoms with E-state index in [-0.39, 0.29) is 30.7 Å². The summed E-state index contributed by atoms with van der Waals surface area (Å²) in [5.41, 5.74) is 0. The van der Waals surface area contributed by atoms with Crippen LogP contribution in [-0.2, 0) is 16.4 Å². The number of hydrogen-bond acceptors (Lipinski definition) is 7. The smallest absolute Gasteiger partial charge is 0.169 e. The number of rotatable bonds is 9. The van der Waals surface area contributed by atoms with Gasteiger partial charge in [0, 0.05) is 12.6 Å². The second-order valence-electron chi connectivity index (χ2n) is 6.83. The molecular formula is C19H24BrNO6S. The highest BCUT2D eigenvalue weighted by Crippen LogP contribution is 2.23. The number of methoxy groups -OCH3 is 1. The molecule has 2 aromatic rings. The lowest BCUT2D eigenvalue weighted by molar-refractivity contribution is 0.0496. The number of furan rings is 1. The quantitative estimate of drug-likeness (QED) is 0.598. The third kappa shape index (κ3) is 5.97. The Morgan fingerprint density at radius 2 is 1.96 bits per heavy atom. The molecule has 9 heteroatoms. The predicted molar refractivity (Wildman–Crippen MR) is 108 cm³/mol. The molecule has 2 atom stereocenters. The summed E-state index contributed by atoms with van der Waals surface area (Å²) in [6, 6.07) is 10.6. The molecule has 2 heterocycles. The molecule has 0 amide bonds. The fourth-order valence-electron chi connectivity index (χ4n) is 3.23. The van der Waals surface area contributed by atoms with E-state index in [1.54, 1.807) is 37.4 Å². The van der Waals surface area contributed by atoms with Gasteiger partial charge in [-0.1, -0.05) is 0 Å². The van der Waals surface area contributed by atoms with E-state index in [2.05, 4.69) is 15.9 Å². The fraction of sp³-hybridized carbons (Fsp3) is 0.474. The van der Waals surface area contributed by atoms with Crippen LogP contribution in [0.1, 0.15) is 12.2 Å². The van der Waals surface area contributed by atoms with Crippen LogP contribution in [-0.4, -0.2) is 62.3 Å². The van der Waals surface area contributed by atoms with Gasteiger partial charge in [-0.25, -0.2) is 8.42 Å². The van der Waals surface area contributed by atoms with Crippen molar-refractivity contribution >= 4 is 25.8 Å². The lowest BCUT2D eigenvalue weighted by atomic mass is 10.2. The maximum atomic E-state index is 11.9. The summed E-state index contributed by atoms with van der Waals surface area (Å²) in [7, 11) is -1.44. The molecule has 0 aliphatic carbocycles. The number of halogens is 1. The van der Waals surface area contributed by atoms with E-state index in [0.29, 0.717) is 29.1 Å². The monoisotopic (exact) mass is 473 g/mol. The van der Waals surface area contributed by atoms with E-state index in [0.717, 1.165) is 5.75 Å². The zero-order valence-corrected chi connectivity index (χ0v) is 18.0. The SMILES string of the molecule is COc1ccc(OCC(O)CN(Cc2ccc(Br)o2)C2CCS(=O)(=O)C2)cc1. The van der Waals surface area contributed by atoms with Crippen LogP contribution in [0.15, 0.2) is 45.5 Å². The number of hydrogen-bond donors (Lipinski definition) is 1. The number of nitrogens with zero attached hydrogens (tertiary/aromatic N) is 1. The number of benzene rings is 1. The molecule has 0 saturated carbocycles. The second-order valence-corrected chi connectivity index (χ2v) is 9.84. The van der Waals surface area contributed by atoms with Gasteiger partial charge in [-0.3, -0.25) is 4.90 Å². The highest BCUT2D eigenvalue weighted by atomic mass is 79.9. The van der Waals surface area contributed by atoms with Crippen LogP contribution in [0.4, 0.5) is 0 Å². The number of ether oxygens (including phenoxy) is 2. The van der Waals surface area contributed by atoms with Gasteiger partial charge in [0.1, 0.15) is 30.0 Å². The molecule has 0 bridgehead atoms. The average Bonchev–Trinajstić information content (AvgIpc) is 3.24. The first-order valence-electron chi connectivity index (χ1n) is 8.98. The molecule has 28 heavy (non-hydrogen) atoms. The summed E-state index contributed by atoms with van der Waals surface area (Å²) in [6.07, 6.45) is -0.222. The van der Waals surface area contributed by atoms with Crippen molar-refractivity contribution in [3.63, 3.8) is 0 Å². The van der Waals surface area contributed by atoms with Crippen molar-refractivity contribution in [1.82, 2.24) is 4.90 Å². The summed E-state index contributed by atoms with van der Waals surface area (Å²) in [5, 5.41) is 10.5. The highest BCUT2D eigenvalue weighted by molar-refractivity contribution is 9.10. The Morgan fingerprint density at radius 3 is 2.54 bits per heavy atom. The molecule has 1 N–H and O–H groups in total. The number of sulfone groups is 1. The number of aliphatic hydroxyl groups is 1. The standard InChI is InChI=1S/C19H24BrNO6S/c1-25-16-2-4-17(5-3-16)26-12-15(22)10-21(11-18-6-7-19(20)27-18)14-8-9-28(23,24)13-14/h2-7,14-15,22H,8-13H2,1H3. The molecule has 0 spiro atoms. The van der Waals surface area contributed by atoms with E-state index < -0.39 is 15.9 Å². The van der Waals surface area contributed by atoms with Gasteiger partial charge in [-0.2, -0.15) is 0 Å². The topological polar surface area (TPSA) is 89.2 Å². The predicted octanol–water partition coefficient (Wildman–Crippen LogP) is 2.48. The first-order chi connectivity index (χ1) is 13.3. The zero-order chi connectivity index (χ0) is 20.1. The molecule has 1 aliphatic heterocycles. The molecule has 2 unspecified atom stereocenters. The molecular weight excluding hydrogens is 450 g/mol. The average molecular weight is 474 g/mol. The van der Waals surface area contributed by atoms with Gasteiger partial charge in [0.25, 0.3) is 0 Å². The van der Waals surface area contributed by atoms with Crippen LogP contribution in [0, 0.1) is 0 Å². The van der Waals surface area contributed by atoms with Crippen molar-refractivity contribution in [2.45, 2.75) is 25.1 Å². The minimum Gasteiger partial charge on any atom is -0.497 e. The molecule has 1 fully saturated rings. The first-order valence-corrected chi connectivity index (χ1v) is 11.6. The van der Waals surface area contributed by atoms with E-state index in [4.69, 9.17) is 13.9 Å². The van der Waals surface area contributed by atoms with Gasteiger partial charge >= 0.3 is 0 Å². The van der Waals surface area contributed by atoms with Gasteiger partial charge in [-0.15, -0.1) is 0 Å². The second kappa shape index (κ2) is 9.30. The van der Waals surface area contributed by atoms with Crippen LogP contribution >= 0.6 is 15.9 Å². The summed E-state index contributed by atoms with van der Waals surface area (Å²) in [4.78, 5) is 1.96. The van der Waals surface area contributed by atoms with E-state index in [9.17, 15) is 13.5 Å². The Kier molecular flexibility index (Phi) is 7.03. The summed E-state index contributed by atoms with van der Waals surface area (Å²) < 4.78 is 40.7. The van der Waals surface area contributed by atoms with E-state index in [1.165, 1.54) is 0 Å². The molecule has 1 saturated heterocycles. The van der Waals surface area contributed by atoms with Crippen LogP contribution in [0.25, 0.3) is 0 Å². The van der Waals surface area contributed by atoms with Crippen LogP contribution in [0.2, 0.25) is 0 Å². The molecule has 154 valence electrons. The van der Waals surface area contributed by atoms with Gasteiger partial charge in [0.05, 0.1) is 25.2 Å². The Morgan fingerprint density at radius 1 is 1.25 bits per heavy atom. The third-order valence-corrected chi connectivity index (χ3v) is 6.84. The lowest BCUT2D eigenvalue weighted by Crippen LogP contribution is -2.42. The third-order valence-electron chi connectivity index (χ3n) is 4.66. The summed E-state index contributed by atoms with van der Waals surface area (Å²) in [6.45, 7) is 0.810. The van der Waals surface area contributed by atoms with Gasteiger partial charge in [-0.05, 0) is 58.7 Å². The maximum Gasteiger partial charge on any atom is 0.169 e. The summed E-state index contributed by atoms with van der Waals surface area (Å²) >= 11 is 3.28. The molecule has 0 radical (unpaired) electrons. The van der Waals surface area contributed by atoms with Gasteiger partial charge < -0.3 is 19.0 Å². The van der Waals surface area contributed by atoms with Crippen molar-refractivity contribution in [3.05, 3.63) is 46.8 Å². The molecule has 1 aliphatic rings. The van der Waals surface area contributed by atoms with Crippen LogP contribution < -0.4 is 9.47 Å². The van der Waals surface area contributed by atoms with Gasteiger partial charge in [0.15, 0.2) is 14.5 Å². The first kappa shape index (κ1) is 21.2. The minimum absolute atomic E-state index is 0.0982. The molecule has 3 rings (SSSR count). The largest absolute Gasteiger partial charge is 0.497 e. The van der Waals surface area contributed by atoms with Crippen LogP contribution in [0.5, 0.6) is 11.5 Å². The van der Waals surface area contributed by atoms with Crippen molar-refractivity contribution < 1.29 is 27.4 Å². The van der Waals surface area contributed by atoms with E-state index in [1.807, 2.05) is 11.0 Å². The summed E-state index contributed by atoms with van der Waals surface area (Å²) in [5.74, 6) is 2.34.